The van der Waals surface area contributed by atoms with Crippen LogP contribution in [0, 0.1) is 45.8 Å². The van der Waals surface area contributed by atoms with Gasteiger partial charge in [-0.2, -0.15) is 0 Å². The number of aliphatic hydroxyl groups is 2. The molecule has 0 saturated heterocycles. The lowest BCUT2D eigenvalue weighted by molar-refractivity contribution is -0.147. The largest absolute Gasteiger partial charge is 0.393 e. The van der Waals surface area contributed by atoms with Crippen LogP contribution in [-0.2, 0) is 9.59 Å². The van der Waals surface area contributed by atoms with E-state index in [0.717, 1.165) is 31.3 Å². The third-order valence-corrected chi connectivity index (χ3v) is 8.74. The molecule has 8 unspecified atom stereocenters. The van der Waals surface area contributed by atoms with Gasteiger partial charge >= 0.3 is 0 Å². The molecule has 0 radical (unpaired) electrons. The van der Waals surface area contributed by atoms with Crippen LogP contribution in [-0.4, -0.2) is 40.7 Å². The van der Waals surface area contributed by atoms with Gasteiger partial charge in [0, 0.05) is 12.1 Å². The Morgan fingerprint density at radius 2 is 2.04 bits per heavy atom. The number of fused-ring (bicyclic) bond motifs is 5. The summed E-state index contributed by atoms with van der Waals surface area (Å²) in [6.45, 7) is 3.90. The molecule has 3 N–H and O–H groups in total. The van der Waals surface area contributed by atoms with E-state index in [9.17, 15) is 19.8 Å². The number of Topliss-reactive ketones (excluding diaryl/α,β-unsaturated/α-hetero) is 1. The first kappa shape index (κ1) is 19.0. The number of carbonyl (C=O) groups excluding carboxylic acids is 2. The molecule has 0 spiro atoms. The fourth-order valence-electron chi connectivity index (χ4n) is 7.59. The van der Waals surface area contributed by atoms with E-state index in [-0.39, 0.29) is 40.2 Å². The molecule has 4 rings (SSSR count). The zero-order valence-corrected chi connectivity index (χ0v) is 16.3. The molecule has 5 nitrogen and oxygen atoms in total. The second-order valence-electron chi connectivity index (χ2n) is 9.83. The number of ketones is 2. The SMILES string of the molecule is CC12CC(C=N)C(=O)C=C1CCC1C2C(O)CC2(C)C(C(=O)CO)CCC12. The summed E-state index contributed by atoms with van der Waals surface area (Å²) in [5.74, 6) is 0.188. The van der Waals surface area contributed by atoms with Gasteiger partial charge < -0.3 is 15.6 Å². The number of hydrogen-bond donors (Lipinski definition) is 3. The first-order valence-electron chi connectivity index (χ1n) is 10.3. The van der Waals surface area contributed by atoms with Crippen molar-refractivity contribution in [3.63, 3.8) is 0 Å². The van der Waals surface area contributed by atoms with Crippen molar-refractivity contribution in [2.75, 3.05) is 6.61 Å². The predicted molar refractivity (Wildman–Crippen MR) is 101 cm³/mol. The molecule has 0 bridgehead atoms. The van der Waals surface area contributed by atoms with E-state index in [1.807, 2.05) is 0 Å². The van der Waals surface area contributed by atoms with Crippen molar-refractivity contribution in [2.24, 2.45) is 40.4 Å². The monoisotopic (exact) mass is 373 g/mol. The van der Waals surface area contributed by atoms with E-state index in [0.29, 0.717) is 24.7 Å². The molecule has 4 aliphatic rings. The van der Waals surface area contributed by atoms with Gasteiger partial charge in [0.1, 0.15) is 6.61 Å². The minimum absolute atomic E-state index is 0.0283. The van der Waals surface area contributed by atoms with Crippen molar-refractivity contribution in [1.29, 1.82) is 5.41 Å². The molecule has 5 heteroatoms. The van der Waals surface area contributed by atoms with E-state index in [2.05, 4.69) is 13.8 Å². The molecule has 0 heterocycles. The third-order valence-electron chi connectivity index (χ3n) is 8.74. The third kappa shape index (κ3) is 2.54. The van der Waals surface area contributed by atoms with Crippen LogP contribution in [0.5, 0.6) is 0 Å². The Bertz CT molecular complexity index is 715. The van der Waals surface area contributed by atoms with Crippen LogP contribution in [0.3, 0.4) is 0 Å². The Morgan fingerprint density at radius 1 is 1.30 bits per heavy atom. The van der Waals surface area contributed by atoms with Crippen molar-refractivity contribution in [2.45, 2.75) is 58.5 Å². The molecule has 4 aliphatic carbocycles. The second kappa shape index (κ2) is 6.35. The number of hydrogen-bond acceptors (Lipinski definition) is 5. The minimum Gasteiger partial charge on any atom is -0.393 e. The lowest BCUT2D eigenvalue weighted by Crippen LogP contribution is -2.57. The van der Waals surface area contributed by atoms with Crippen LogP contribution in [0.4, 0.5) is 0 Å². The van der Waals surface area contributed by atoms with Gasteiger partial charge in [-0.05, 0) is 73.2 Å². The average molecular weight is 373 g/mol. The van der Waals surface area contributed by atoms with Crippen LogP contribution < -0.4 is 0 Å². The van der Waals surface area contributed by atoms with E-state index in [1.54, 1.807) is 6.08 Å². The van der Waals surface area contributed by atoms with Crippen molar-refractivity contribution in [3.05, 3.63) is 11.6 Å². The molecule has 148 valence electrons. The summed E-state index contributed by atoms with van der Waals surface area (Å²) in [6, 6.07) is 0. The molecule has 27 heavy (non-hydrogen) atoms. The number of carbonyl (C=O) groups is 2. The quantitative estimate of drug-likeness (QED) is 0.662. The van der Waals surface area contributed by atoms with Gasteiger partial charge in [0.15, 0.2) is 11.6 Å². The number of rotatable bonds is 3. The van der Waals surface area contributed by atoms with Gasteiger partial charge in [0.05, 0.1) is 12.0 Å². The highest BCUT2D eigenvalue weighted by Crippen LogP contribution is 2.66. The Labute approximate surface area is 160 Å². The Hall–Kier alpha value is -1.33. The fraction of sp³-hybridized carbons (Fsp3) is 0.773. The highest BCUT2D eigenvalue weighted by atomic mass is 16.3. The zero-order chi connectivity index (χ0) is 19.6. The Morgan fingerprint density at radius 3 is 2.70 bits per heavy atom. The molecule has 0 aliphatic heterocycles. The van der Waals surface area contributed by atoms with Crippen LogP contribution in [0.1, 0.15) is 52.4 Å². The lowest BCUT2D eigenvalue weighted by Gasteiger charge is -2.60. The summed E-state index contributed by atoms with van der Waals surface area (Å²) in [6.07, 6.45) is 7.29. The maximum Gasteiger partial charge on any atom is 0.164 e. The van der Waals surface area contributed by atoms with Crippen molar-refractivity contribution in [1.82, 2.24) is 0 Å². The Kier molecular flexibility index (Phi) is 4.47. The van der Waals surface area contributed by atoms with Crippen molar-refractivity contribution >= 4 is 17.8 Å². The van der Waals surface area contributed by atoms with E-state index in [1.165, 1.54) is 6.21 Å². The lowest BCUT2D eigenvalue weighted by atomic mass is 9.45. The average Bonchev–Trinajstić information content (AvgIpc) is 2.97. The van der Waals surface area contributed by atoms with Crippen LogP contribution >= 0.6 is 0 Å². The number of allylic oxidation sites excluding steroid dienone is 1. The molecule has 0 amide bonds. The summed E-state index contributed by atoms with van der Waals surface area (Å²) in [4.78, 5) is 24.6. The van der Waals surface area contributed by atoms with Gasteiger partial charge in [-0.1, -0.05) is 19.4 Å². The summed E-state index contributed by atoms with van der Waals surface area (Å²) >= 11 is 0. The number of nitrogens with one attached hydrogen (secondary N) is 1. The molecular formula is C22H31NO4. The van der Waals surface area contributed by atoms with Crippen LogP contribution in [0.15, 0.2) is 11.6 Å². The summed E-state index contributed by atoms with van der Waals surface area (Å²) in [5, 5.41) is 28.3. The van der Waals surface area contributed by atoms with Crippen LogP contribution in [0.2, 0.25) is 0 Å². The zero-order valence-electron chi connectivity index (χ0n) is 16.3. The van der Waals surface area contributed by atoms with Gasteiger partial charge in [-0.25, -0.2) is 0 Å². The normalized spacial score (nSPS) is 48.9. The molecule has 0 aromatic rings. The molecule has 0 aromatic heterocycles. The maximum absolute atomic E-state index is 12.3. The van der Waals surface area contributed by atoms with Crippen molar-refractivity contribution in [3.8, 4) is 0 Å². The van der Waals surface area contributed by atoms with Gasteiger partial charge in [-0.15, -0.1) is 0 Å². The maximum atomic E-state index is 12.3. The highest BCUT2D eigenvalue weighted by molar-refractivity contribution is 6.02. The van der Waals surface area contributed by atoms with E-state index >= 15 is 0 Å². The highest BCUT2D eigenvalue weighted by Gasteiger charge is 2.63. The minimum atomic E-state index is -0.517. The molecule has 0 aromatic carbocycles. The summed E-state index contributed by atoms with van der Waals surface area (Å²) < 4.78 is 0. The first-order chi connectivity index (χ1) is 12.8. The molecule has 8 atom stereocenters. The fourth-order valence-corrected chi connectivity index (χ4v) is 7.59. The van der Waals surface area contributed by atoms with Gasteiger partial charge in [0.25, 0.3) is 0 Å². The smallest absolute Gasteiger partial charge is 0.164 e. The van der Waals surface area contributed by atoms with E-state index < -0.39 is 12.7 Å². The van der Waals surface area contributed by atoms with Gasteiger partial charge in [0.2, 0.25) is 0 Å². The van der Waals surface area contributed by atoms with Gasteiger partial charge in [-0.3, -0.25) is 9.59 Å². The first-order valence-corrected chi connectivity index (χ1v) is 10.3. The summed E-state index contributed by atoms with van der Waals surface area (Å²) in [5.41, 5.74) is 0.651. The molecule has 3 fully saturated rings. The second-order valence-corrected chi connectivity index (χ2v) is 9.83. The van der Waals surface area contributed by atoms with Crippen LogP contribution in [0.25, 0.3) is 0 Å². The Balaban J connectivity index is 1.71. The molecule has 3 saturated carbocycles. The topological polar surface area (TPSA) is 98.5 Å². The standard InChI is InChI=1S/C22H31NO4/c1-21-8-12(10-23)17(25)7-13(21)3-4-14-15-5-6-16(19(27)11-24)22(15,2)9-18(26)20(14)21/h7,10,12,14-16,18,20,23-24,26H,3-6,8-9,11H2,1-2H3. The molecular weight excluding hydrogens is 342 g/mol. The number of aliphatic hydroxyl groups excluding tert-OH is 2. The van der Waals surface area contributed by atoms with Crippen molar-refractivity contribution < 1.29 is 19.8 Å². The van der Waals surface area contributed by atoms with E-state index in [4.69, 9.17) is 5.41 Å². The summed E-state index contributed by atoms with van der Waals surface area (Å²) in [7, 11) is 0. The predicted octanol–water partition coefficient (Wildman–Crippen LogP) is 2.54.